The summed E-state index contributed by atoms with van der Waals surface area (Å²) in [6.07, 6.45) is -4.36. The second-order valence-electron chi connectivity index (χ2n) is 6.78. The zero-order valence-corrected chi connectivity index (χ0v) is 15.9. The Balaban J connectivity index is 1.90. The summed E-state index contributed by atoms with van der Waals surface area (Å²) in [7, 11) is 0. The van der Waals surface area contributed by atoms with E-state index in [2.05, 4.69) is 15.0 Å². The Bertz CT molecular complexity index is 807. The summed E-state index contributed by atoms with van der Waals surface area (Å²) >= 11 is 0. The highest BCUT2D eigenvalue weighted by Crippen LogP contribution is 2.38. The summed E-state index contributed by atoms with van der Waals surface area (Å²) in [6, 6.07) is 0.0528. The molecule has 1 fully saturated rings. The number of rotatable bonds is 7. The highest BCUT2D eigenvalue weighted by Gasteiger charge is 2.51. The van der Waals surface area contributed by atoms with Gasteiger partial charge < -0.3 is 19.9 Å². The Morgan fingerprint density at radius 1 is 1.21 bits per heavy atom. The third-order valence-corrected chi connectivity index (χ3v) is 4.49. The topological polar surface area (TPSA) is 97.3 Å². The summed E-state index contributed by atoms with van der Waals surface area (Å²) in [5, 5.41) is 0. The number of hydrogen-bond donors (Lipinski definition) is 1. The fourth-order valence-electron chi connectivity index (χ4n) is 3.18. The number of aromatic nitrogens is 4. The van der Waals surface area contributed by atoms with Crippen LogP contribution in [0, 0.1) is 0 Å². The zero-order valence-electron chi connectivity index (χ0n) is 15.9. The van der Waals surface area contributed by atoms with Gasteiger partial charge in [0.15, 0.2) is 23.1 Å². The van der Waals surface area contributed by atoms with Gasteiger partial charge in [-0.3, -0.25) is 4.57 Å². The van der Waals surface area contributed by atoms with E-state index in [9.17, 15) is 13.2 Å². The summed E-state index contributed by atoms with van der Waals surface area (Å²) in [6.45, 7) is 5.40. The lowest BCUT2D eigenvalue weighted by Crippen LogP contribution is -2.35. The number of alkyl halides is 3. The van der Waals surface area contributed by atoms with Gasteiger partial charge in [0, 0.05) is 0 Å². The molecule has 8 nitrogen and oxygen atoms in total. The summed E-state index contributed by atoms with van der Waals surface area (Å²) in [5.74, 6) is 0.0731. The maximum atomic E-state index is 13.1. The molecule has 1 aliphatic heterocycles. The molecular formula is C17H24F3N5O3. The van der Waals surface area contributed by atoms with E-state index in [4.69, 9.17) is 19.9 Å². The number of nitrogens with two attached hydrogens (primary N) is 1. The van der Waals surface area contributed by atoms with Crippen LogP contribution in [0.2, 0.25) is 0 Å². The van der Waals surface area contributed by atoms with Crippen molar-refractivity contribution in [3.05, 3.63) is 6.33 Å². The van der Waals surface area contributed by atoms with Crippen LogP contribution in [0.5, 0.6) is 6.01 Å². The van der Waals surface area contributed by atoms with Crippen molar-refractivity contribution in [2.45, 2.75) is 77.4 Å². The van der Waals surface area contributed by atoms with Gasteiger partial charge in [-0.05, 0) is 19.8 Å². The molecule has 0 aliphatic carbocycles. The molecule has 1 aliphatic rings. The van der Waals surface area contributed by atoms with Gasteiger partial charge in [-0.1, -0.05) is 26.7 Å². The van der Waals surface area contributed by atoms with Crippen molar-refractivity contribution in [2.75, 3.05) is 5.73 Å². The molecule has 2 N–H and O–H groups in total. The molecule has 0 saturated carbocycles. The Hall–Kier alpha value is -2.14. The van der Waals surface area contributed by atoms with Gasteiger partial charge in [-0.25, -0.2) is 4.98 Å². The number of nitrogens with zero attached hydrogens (tertiary/aromatic N) is 4. The van der Waals surface area contributed by atoms with Gasteiger partial charge in [-0.2, -0.15) is 23.1 Å². The van der Waals surface area contributed by atoms with E-state index in [0.717, 1.165) is 25.7 Å². The summed E-state index contributed by atoms with van der Waals surface area (Å²) < 4.78 is 56.7. The highest BCUT2D eigenvalue weighted by molar-refractivity contribution is 5.81. The SMILES string of the molecule is CCCC(CCC)Oc1nc(N)c2ncn(C3OC(C)C(C(F)(F)F)O3)c2n1. The molecule has 0 amide bonds. The molecule has 11 heteroatoms. The number of hydrogen-bond acceptors (Lipinski definition) is 7. The molecule has 0 spiro atoms. The van der Waals surface area contributed by atoms with Crippen molar-refractivity contribution in [3.63, 3.8) is 0 Å². The van der Waals surface area contributed by atoms with E-state index >= 15 is 0 Å². The van der Waals surface area contributed by atoms with E-state index in [1.807, 2.05) is 13.8 Å². The molecule has 3 atom stereocenters. The lowest BCUT2D eigenvalue weighted by Gasteiger charge is -2.17. The number of halogens is 3. The first-order chi connectivity index (χ1) is 13.2. The fourth-order valence-corrected chi connectivity index (χ4v) is 3.18. The average molecular weight is 403 g/mol. The fraction of sp³-hybridized carbons (Fsp3) is 0.706. The molecule has 2 aromatic heterocycles. The Labute approximate surface area is 160 Å². The van der Waals surface area contributed by atoms with Crippen molar-refractivity contribution in [1.29, 1.82) is 0 Å². The van der Waals surface area contributed by atoms with Crippen LogP contribution in [0.1, 0.15) is 52.9 Å². The van der Waals surface area contributed by atoms with Gasteiger partial charge in [-0.15, -0.1) is 0 Å². The van der Waals surface area contributed by atoms with Crippen LogP contribution in [-0.2, 0) is 9.47 Å². The molecular weight excluding hydrogens is 379 g/mol. The van der Waals surface area contributed by atoms with Crippen molar-refractivity contribution >= 4 is 17.0 Å². The molecule has 2 aromatic rings. The highest BCUT2D eigenvalue weighted by atomic mass is 19.4. The molecule has 0 radical (unpaired) electrons. The van der Waals surface area contributed by atoms with Crippen molar-refractivity contribution in [3.8, 4) is 6.01 Å². The van der Waals surface area contributed by atoms with E-state index in [1.54, 1.807) is 0 Å². The van der Waals surface area contributed by atoms with Gasteiger partial charge >= 0.3 is 12.2 Å². The lowest BCUT2D eigenvalue weighted by molar-refractivity contribution is -0.226. The summed E-state index contributed by atoms with van der Waals surface area (Å²) in [4.78, 5) is 12.5. The quantitative estimate of drug-likeness (QED) is 0.755. The Morgan fingerprint density at radius 2 is 1.89 bits per heavy atom. The van der Waals surface area contributed by atoms with Crippen LogP contribution < -0.4 is 10.5 Å². The molecule has 1 saturated heterocycles. The first-order valence-corrected chi connectivity index (χ1v) is 9.28. The van der Waals surface area contributed by atoms with Crippen molar-refractivity contribution in [2.24, 2.45) is 0 Å². The Morgan fingerprint density at radius 3 is 2.46 bits per heavy atom. The standard InChI is InChI=1S/C17H24F3N5O3/c1-4-6-10(7-5-2)27-15-23-13(21)11-14(24-15)25(8-22-11)16-26-9(3)12(28-16)17(18,19)20/h8-10,12,16H,4-7H2,1-3H3,(H2,21,23,24). The minimum atomic E-state index is -4.54. The van der Waals surface area contributed by atoms with E-state index in [-0.39, 0.29) is 29.1 Å². The minimum Gasteiger partial charge on any atom is -0.460 e. The van der Waals surface area contributed by atoms with Crippen LogP contribution in [-0.4, -0.2) is 44.0 Å². The monoisotopic (exact) mass is 403 g/mol. The van der Waals surface area contributed by atoms with Gasteiger partial charge in [0.25, 0.3) is 0 Å². The van der Waals surface area contributed by atoms with Crippen LogP contribution in [0.15, 0.2) is 6.33 Å². The molecule has 28 heavy (non-hydrogen) atoms. The number of anilines is 1. The number of fused-ring (bicyclic) bond motifs is 1. The first kappa shape index (κ1) is 20.6. The third kappa shape index (κ3) is 4.14. The normalized spacial score (nSPS) is 23.0. The van der Waals surface area contributed by atoms with Crippen LogP contribution in [0.4, 0.5) is 19.0 Å². The second kappa shape index (κ2) is 8.08. The number of nitrogen functional groups attached to an aromatic ring is 1. The van der Waals surface area contributed by atoms with E-state index in [1.165, 1.54) is 17.8 Å². The van der Waals surface area contributed by atoms with Gasteiger partial charge in [0.1, 0.15) is 12.4 Å². The average Bonchev–Trinajstić information content (AvgIpc) is 3.18. The maximum absolute atomic E-state index is 13.1. The molecule has 3 heterocycles. The second-order valence-corrected chi connectivity index (χ2v) is 6.78. The number of ether oxygens (including phenoxy) is 3. The molecule has 3 rings (SSSR count). The summed E-state index contributed by atoms with van der Waals surface area (Å²) in [5.41, 5.74) is 6.38. The van der Waals surface area contributed by atoms with Crippen molar-refractivity contribution < 1.29 is 27.4 Å². The predicted octanol–water partition coefficient (Wildman–Crippen LogP) is 3.58. The number of imidazole rings is 1. The molecule has 0 aromatic carbocycles. The van der Waals surface area contributed by atoms with Crippen LogP contribution >= 0.6 is 0 Å². The van der Waals surface area contributed by atoms with E-state index < -0.39 is 24.8 Å². The van der Waals surface area contributed by atoms with Crippen LogP contribution in [0.3, 0.4) is 0 Å². The molecule has 0 bridgehead atoms. The maximum Gasteiger partial charge on any atom is 0.417 e. The minimum absolute atomic E-state index is 0.0528. The Kier molecular flexibility index (Phi) is 5.94. The van der Waals surface area contributed by atoms with E-state index in [0.29, 0.717) is 0 Å². The van der Waals surface area contributed by atoms with Crippen molar-refractivity contribution in [1.82, 2.24) is 19.5 Å². The largest absolute Gasteiger partial charge is 0.460 e. The zero-order chi connectivity index (χ0) is 20.5. The molecule has 156 valence electrons. The first-order valence-electron chi connectivity index (χ1n) is 9.28. The third-order valence-electron chi connectivity index (χ3n) is 4.49. The van der Waals surface area contributed by atoms with Crippen LogP contribution in [0.25, 0.3) is 11.2 Å². The predicted molar refractivity (Wildman–Crippen MR) is 94.5 cm³/mol. The lowest BCUT2D eigenvalue weighted by atomic mass is 10.1. The smallest absolute Gasteiger partial charge is 0.417 e. The van der Waals surface area contributed by atoms with Gasteiger partial charge in [0.2, 0.25) is 6.41 Å². The van der Waals surface area contributed by atoms with Gasteiger partial charge in [0.05, 0.1) is 6.10 Å². The molecule has 3 unspecified atom stereocenters.